The largest absolute Gasteiger partial charge is 0.416 e. The smallest absolute Gasteiger partial charge is 0.328 e. The van der Waals surface area contributed by atoms with Crippen LogP contribution in [0.15, 0.2) is 31.5 Å². The highest BCUT2D eigenvalue weighted by Gasteiger charge is 2.15. The summed E-state index contributed by atoms with van der Waals surface area (Å²) in [4.78, 5) is 36.8. The second-order valence-electron chi connectivity index (χ2n) is 6.61. The topological polar surface area (TPSA) is 123 Å². The van der Waals surface area contributed by atoms with Gasteiger partial charge in [0.25, 0.3) is 10.8 Å². The molecule has 3 rings (SSSR count). The molecule has 2 N–H and O–H groups in total. The number of hydrogen-bond acceptors (Lipinski definition) is 7. The number of amides is 1. The molecule has 1 saturated carbocycles. The number of aromatic amines is 1. The van der Waals surface area contributed by atoms with Crippen molar-refractivity contribution >= 4 is 17.7 Å². The van der Waals surface area contributed by atoms with Gasteiger partial charge >= 0.3 is 5.69 Å². The number of aryl methyl sites for hydroxylation is 2. The zero-order valence-corrected chi connectivity index (χ0v) is 15.8. The third-order valence-corrected chi connectivity index (χ3v) is 5.37. The number of H-pyrrole nitrogens is 1. The summed E-state index contributed by atoms with van der Waals surface area (Å²) in [5.74, 6) is 1.16. The molecule has 0 unspecified atom stereocenters. The summed E-state index contributed by atoms with van der Waals surface area (Å²) in [6, 6.07) is 1.28. The molecular formula is C17H23N5O4S. The predicted octanol–water partition coefficient (Wildman–Crippen LogP) is 0.951. The van der Waals surface area contributed by atoms with Crippen molar-refractivity contribution < 1.29 is 9.21 Å². The fraction of sp³-hybridized carbons (Fsp3) is 0.588. The summed E-state index contributed by atoms with van der Waals surface area (Å²) in [7, 11) is 0. The van der Waals surface area contributed by atoms with Gasteiger partial charge in [0.2, 0.25) is 11.8 Å². The number of nitrogens with one attached hydrogen (secondary N) is 2. The number of nitrogens with zero attached hydrogens (tertiary/aromatic N) is 3. The molecule has 0 spiro atoms. The van der Waals surface area contributed by atoms with Crippen molar-refractivity contribution in [2.45, 2.75) is 50.3 Å². The second-order valence-corrected chi connectivity index (χ2v) is 7.54. The van der Waals surface area contributed by atoms with E-state index < -0.39 is 11.2 Å². The predicted molar refractivity (Wildman–Crippen MR) is 99.6 cm³/mol. The first-order valence-electron chi connectivity index (χ1n) is 9.12. The quantitative estimate of drug-likeness (QED) is 0.640. The highest BCUT2D eigenvalue weighted by Crippen LogP contribution is 2.23. The number of thioether (sulfide) groups is 1. The molecule has 1 aliphatic carbocycles. The molecule has 2 heterocycles. The van der Waals surface area contributed by atoms with E-state index in [0.717, 1.165) is 6.54 Å². The zero-order chi connectivity index (χ0) is 19.1. The van der Waals surface area contributed by atoms with Gasteiger partial charge in [-0.2, -0.15) is 0 Å². The van der Waals surface area contributed by atoms with E-state index in [-0.39, 0.29) is 11.7 Å². The third-order valence-electron chi connectivity index (χ3n) is 4.55. The number of rotatable bonds is 8. The van der Waals surface area contributed by atoms with Crippen molar-refractivity contribution in [3.63, 3.8) is 0 Å². The molecule has 0 aliphatic heterocycles. The van der Waals surface area contributed by atoms with Crippen LogP contribution in [0.2, 0.25) is 0 Å². The van der Waals surface area contributed by atoms with E-state index in [2.05, 4.69) is 20.5 Å². The second kappa shape index (κ2) is 9.54. The van der Waals surface area contributed by atoms with E-state index in [4.69, 9.17) is 4.42 Å². The highest BCUT2D eigenvalue weighted by molar-refractivity contribution is 7.99. The van der Waals surface area contributed by atoms with E-state index in [0.29, 0.717) is 30.0 Å². The molecule has 0 atom stereocenters. The van der Waals surface area contributed by atoms with Gasteiger partial charge in [0, 0.05) is 31.8 Å². The van der Waals surface area contributed by atoms with E-state index in [1.165, 1.54) is 60.7 Å². The van der Waals surface area contributed by atoms with Gasteiger partial charge in [0.05, 0.1) is 5.75 Å². The molecule has 0 aromatic carbocycles. The first-order valence-corrected chi connectivity index (χ1v) is 10.1. The molecule has 9 nitrogen and oxygen atoms in total. The number of aromatic nitrogens is 4. The van der Waals surface area contributed by atoms with Crippen LogP contribution in [0.1, 0.15) is 38.0 Å². The average molecular weight is 393 g/mol. The Morgan fingerprint density at radius 1 is 1.30 bits per heavy atom. The standard InChI is InChI=1S/C17H23N5O4S/c23-13-6-8-22(16(25)19-13)9-7-15-20-21-17(26-15)27-11-14(24)18-10-12-4-2-1-3-5-12/h6,8,12H,1-5,7,9-11H2,(H,18,24)(H,19,23,25). The Kier molecular flexibility index (Phi) is 6.86. The number of carbonyl (C=O) groups is 1. The van der Waals surface area contributed by atoms with Crippen molar-refractivity contribution in [3.8, 4) is 0 Å². The van der Waals surface area contributed by atoms with E-state index in [1.54, 1.807) is 0 Å². The maximum absolute atomic E-state index is 12.0. The van der Waals surface area contributed by atoms with Crippen LogP contribution in [0.3, 0.4) is 0 Å². The van der Waals surface area contributed by atoms with Crippen LogP contribution in [0.25, 0.3) is 0 Å². The monoisotopic (exact) mass is 393 g/mol. The maximum atomic E-state index is 12.0. The third kappa shape index (κ3) is 6.09. The van der Waals surface area contributed by atoms with Crippen LogP contribution in [-0.4, -0.2) is 38.0 Å². The average Bonchev–Trinajstić information content (AvgIpc) is 3.13. The minimum Gasteiger partial charge on any atom is -0.416 e. The van der Waals surface area contributed by atoms with Gasteiger partial charge in [0.1, 0.15) is 0 Å². The van der Waals surface area contributed by atoms with Crippen molar-refractivity contribution in [2.24, 2.45) is 5.92 Å². The Morgan fingerprint density at radius 3 is 2.89 bits per heavy atom. The lowest BCUT2D eigenvalue weighted by Crippen LogP contribution is -2.31. The summed E-state index contributed by atoms with van der Waals surface area (Å²) >= 11 is 1.19. The summed E-state index contributed by atoms with van der Waals surface area (Å²) in [5.41, 5.74) is -0.916. The molecule has 1 fully saturated rings. The van der Waals surface area contributed by atoms with Gasteiger partial charge < -0.3 is 14.3 Å². The molecule has 27 heavy (non-hydrogen) atoms. The van der Waals surface area contributed by atoms with Gasteiger partial charge in [0.15, 0.2) is 0 Å². The van der Waals surface area contributed by atoms with E-state index in [9.17, 15) is 14.4 Å². The molecule has 2 aromatic rings. The lowest BCUT2D eigenvalue weighted by molar-refractivity contribution is -0.118. The van der Waals surface area contributed by atoms with Crippen molar-refractivity contribution in [3.05, 3.63) is 39.0 Å². The van der Waals surface area contributed by atoms with Gasteiger partial charge in [-0.3, -0.25) is 14.6 Å². The molecule has 0 saturated heterocycles. The van der Waals surface area contributed by atoms with E-state index >= 15 is 0 Å². The minimum absolute atomic E-state index is 0.0369. The zero-order valence-electron chi connectivity index (χ0n) is 15.0. The summed E-state index contributed by atoms with van der Waals surface area (Å²) in [6.45, 7) is 1.05. The molecule has 1 amide bonds. The normalized spacial score (nSPS) is 15.0. The van der Waals surface area contributed by atoms with Crippen LogP contribution < -0.4 is 16.6 Å². The van der Waals surface area contributed by atoms with Crippen LogP contribution in [0, 0.1) is 5.92 Å². The van der Waals surface area contributed by atoms with Crippen LogP contribution in [-0.2, 0) is 17.8 Å². The van der Waals surface area contributed by atoms with Crippen molar-refractivity contribution in [2.75, 3.05) is 12.3 Å². The lowest BCUT2D eigenvalue weighted by Gasteiger charge is -2.21. The van der Waals surface area contributed by atoms with Crippen LogP contribution in [0.4, 0.5) is 0 Å². The highest BCUT2D eigenvalue weighted by atomic mass is 32.2. The maximum Gasteiger partial charge on any atom is 0.328 e. The Balaban J connectivity index is 1.40. The summed E-state index contributed by atoms with van der Waals surface area (Å²) < 4.78 is 6.85. The number of carbonyl (C=O) groups excluding carboxylic acids is 1. The molecule has 0 bridgehead atoms. The number of hydrogen-bond donors (Lipinski definition) is 2. The molecule has 146 valence electrons. The molecule has 2 aromatic heterocycles. The molecule has 10 heteroatoms. The minimum atomic E-state index is -0.480. The van der Waals surface area contributed by atoms with Crippen LogP contribution in [0.5, 0.6) is 0 Å². The first-order chi connectivity index (χ1) is 13.1. The van der Waals surface area contributed by atoms with Gasteiger partial charge in [-0.15, -0.1) is 10.2 Å². The van der Waals surface area contributed by atoms with Crippen molar-refractivity contribution in [1.29, 1.82) is 0 Å². The molecule has 1 aliphatic rings. The molecular weight excluding hydrogens is 370 g/mol. The summed E-state index contributed by atoms with van der Waals surface area (Å²) in [5, 5.41) is 11.1. The SMILES string of the molecule is O=C(CSc1nnc(CCn2ccc(=O)[nH]c2=O)o1)NCC1CCCCC1. The van der Waals surface area contributed by atoms with Gasteiger partial charge in [-0.25, -0.2) is 4.79 Å². The van der Waals surface area contributed by atoms with Crippen molar-refractivity contribution in [1.82, 2.24) is 25.1 Å². The van der Waals surface area contributed by atoms with Gasteiger partial charge in [-0.05, 0) is 18.8 Å². The Bertz CT molecular complexity index is 868. The van der Waals surface area contributed by atoms with Crippen LogP contribution >= 0.6 is 11.8 Å². The first kappa shape index (κ1) is 19.4. The van der Waals surface area contributed by atoms with E-state index in [1.807, 2.05) is 0 Å². The van der Waals surface area contributed by atoms with Gasteiger partial charge in [-0.1, -0.05) is 31.0 Å². The fourth-order valence-electron chi connectivity index (χ4n) is 3.06. The Hall–Kier alpha value is -2.36. The Labute approximate surface area is 160 Å². The fourth-order valence-corrected chi connectivity index (χ4v) is 3.67. The molecule has 0 radical (unpaired) electrons. The lowest BCUT2D eigenvalue weighted by atomic mass is 9.89. The Morgan fingerprint density at radius 2 is 2.11 bits per heavy atom. The summed E-state index contributed by atoms with van der Waals surface area (Å²) in [6.07, 6.45) is 7.97.